The number of benzene rings is 1. The topological polar surface area (TPSA) is 83.2 Å². The lowest BCUT2D eigenvalue weighted by Gasteiger charge is -2.09. The zero-order valence-corrected chi connectivity index (χ0v) is 11.3. The van der Waals surface area contributed by atoms with E-state index in [1.165, 1.54) is 0 Å². The summed E-state index contributed by atoms with van der Waals surface area (Å²) in [7, 11) is 3.17. The van der Waals surface area contributed by atoms with Gasteiger partial charge >= 0.3 is 0 Å². The molecule has 2 aromatic rings. The van der Waals surface area contributed by atoms with E-state index in [9.17, 15) is 0 Å². The number of methoxy groups -OCH3 is 2. The van der Waals surface area contributed by atoms with Gasteiger partial charge in [-0.2, -0.15) is 9.97 Å². The molecule has 2 N–H and O–H groups in total. The lowest BCUT2D eigenvalue weighted by Crippen LogP contribution is -2.04. The van der Waals surface area contributed by atoms with Crippen molar-refractivity contribution >= 4 is 17.5 Å². The maximum atomic E-state index is 5.74. The average molecular weight is 281 g/mol. The Balaban J connectivity index is 2.28. The predicted octanol–water partition coefficient (Wildman–Crippen LogP) is 1.72. The van der Waals surface area contributed by atoms with Crippen LogP contribution in [-0.4, -0.2) is 29.2 Å². The zero-order valence-electron chi connectivity index (χ0n) is 10.6. The van der Waals surface area contributed by atoms with E-state index in [4.69, 9.17) is 26.8 Å². The quantitative estimate of drug-likeness (QED) is 0.918. The van der Waals surface area contributed by atoms with Crippen molar-refractivity contribution in [3.8, 4) is 11.5 Å². The summed E-state index contributed by atoms with van der Waals surface area (Å²) in [5.41, 5.74) is 6.48. The SMILES string of the molecule is COc1ccc(Cc2nc(N)nc(Cl)n2)cc1OC. The molecule has 0 spiro atoms. The number of rotatable bonds is 4. The minimum absolute atomic E-state index is 0.0861. The molecule has 100 valence electrons. The van der Waals surface area contributed by atoms with E-state index in [0.29, 0.717) is 23.7 Å². The van der Waals surface area contributed by atoms with Gasteiger partial charge in [-0.3, -0.25) is 0 Å². The third kappa shape index (κ3) is 3.23. The maximum absolute atomic E-state index is 5.74. The fourth-order valence-corrected chi connectivity index (χ4v) is 1.84. The van der Waals surface area contributed by atoms with E-state index < -0.39 is 0 Å². The Bertz CT molecular complexity index is 572. The lowest BCUT2D eigenvalue weighted by atomic mass is 10.1. The van der Waals surface area contributed by atoms with Gasteiger partial charge in [-0.25, -0.2) is 4.98 Å². The smallest absolute Gasteiger partial charge is 0.227 e. The van der Waals surface area contributed by atoms with Crippen molar-refractivity contribution in [1.29, 1.82) is 0 Å². The molecule has 2 rings (SSSR count). The van der Waals surface area contributed by atoms with E-state index in [2.05, 4.69) is 15.0 Å². The minimum atomic E-state index is 0.0861. The Morgan fingerprint density at radius 2 is 1.84 bits per heavy atom. The van der Waals surface area contributed by atoms with Crippen molar-refractivity contribution in [2.75, 3.05) is 20.0 Å². The van der Waals surface area contributed by atoms with Gasteiger partial charge in [-0.05, 0) is 29.3 Å². The summed E-state index contributed by atoms with van der Waals surface area (Å²) < 4.78 is 10.4. The van der Waals surface area contributed by atoms with Gasteiger partial charge in [0.15, 0.2) is 11.5 Å². The van der Waals surface area contributed by atoms with Crippen LogP contribution >= 0.6 is 11.6 Å². The van der Waals surface area contributed by atoms with E-state index in [0.717, 1.165) is 5.56 Å². The monoisotopic (exact) mass is 280 g/mol. The van der Waals surface area contributed by atoms with Crippen LogP contribution in [0.3, 0.4) is 0 Å². The van der Waals surface area contributed by atoms with Gasteiger partial charge in [0.1, 0.15) is 5.82 Å². The fourth-order valence-electron chi connectivity index (χ4n) is 1.66. The van der Waals surface area contributed by atoms with Crippen LogP contribution in [-0.2, 0) is 6.42 Å². The molecule has 0 atom stereocenters. The van der Waals surface area contributed by atoms with Crippen molar-refractivity contribution in [2.45, 2.75) is 6.42 Å². The first-order valence-corrected chi connectivity index (χ1v) is 5.87. The highest BCUT2D eigenvalue weighted by Gasteiger charge is 2.08. The number of nitrogens with two attached hydrogens (primary N) is 1. The fraction of sp³-hybridized carbons (Fsp3) is 0.250. The van der Waals surface area contributed by atoms with Gasteiger partial charge in [0.25, 0.3) is 0 Å². The van der Waals surface area contributed by atoms with Crippen LogP contribution in [0.5, 0.6) is 11.5 Å². The number of aromatic nitrogens is 3. The van der Waals surface area contributed by atoms with Crippen molar-refractivity contribution in [2.24, 2.45) is 0 Å². The number of nitrogens with zero attached hydrogens (tertiary/aromatic N) is 3. The Labute approximate surface area is 115 Å². The molecule has 0 unspecified atom stereocenters. The second-order valence-electron chi connectivity index (χ2n) is 3.74. The van der Waals surface area contributed by atoms with Crippen LogP contribution in [0.2, 0.25) is 5.28 Å². The van der Waals surface area contributed by atoms with Gasteiger partial charge in [0.05, 0.1) is 14.2 Å². The highest BCUT2D eigenvalue weighted by atomic mass is 35.5. The Morgan fingerprint density at radius 3 is 2.47 bits per heavy atom. The molecule has 0 aliphatic heterocycles. The Hall–Kier alpha value is -2.08. The molecule has 0 radical (unpaired) electrons. The molecule has 6 nitrogen and oxygen atoms in total. The van der Waals surface area contributed by atoms with Crippen molar-refractivity contribution in [3.63, 3.8) is 0 Å². The van der Waals surface area contributed by atoms with Gasteiger partial charge in [0, 0.05) is 6.42 Å². The Morgan fingerprint density at radius 1 is 1.11 bits per heavy atom. The van der Waals surface area contributed by atoms with Crippen molar-refractivity contribution in [1.82, 2.24) is 15.0 Å². The van der Waals surface area contributed by atoms with E-state index in [1.807, 2.05) is 18.2 Å². The van der Waals surface area contributed by atoms with Gasteiger partial charge in [-0.1, -0.05) is 6.07 Å². The number of halogens is 1. The number of nitrogen functional groups attached to an aromatic ring is 1. The van der Waals surface area contributed by atoms with Crippen molar-refractivity contribution < 1.29 is 9.47 Å². The molecule has 0 saturated heterocycles. The number of hydrogen-bond acceptors (Lipinski definition) is 6. The van der Waals surface area contributed by atoms with Crippen LogP contribution in [0.25, 0.3) is 0 Å². The molecule has 1 heterocycles. The summed E-state index contributed by atoms with van der Waals surface area (Å²) in [6.45, 7) is 0. The standard InChI is InChI=1S/C12H13ClN4O2/c1-18-8-4-3-7(5-9(8)19-2)6-10-15-11(13)17-12(14)16-10/h3-5H,6H2,1-2H3,(H2,14,15,16,17). The maximum Gasteiger partial charge on any atom is 0.227 e. The first kappa shape index (κ1) is 13.4. The predicted molar refractivity (Wildman–Crippen MR) is 71.6 cm³/mol. The number of hydrogen-bond donors (Lipinski definition) is 1. The van der Waals surface area contributed by atoms with Crippen LogP contribution in [0.4, 0.5) is 5.95 Å². The largest absolute Gasteiger partial charge is 0.493 e. The molecule has 0 aliphatic rings. The lowest BCUT2D eigenvalue weighted by molar-refractivity contribution is 0.354. The van der Waals surface area contributed by atoms with E-state index in [-0.39, 0.29) is 11.2 Å². The molecule has 0 bridgehead atoms. The average Bonchev–Trinajstić information content (AvgIpc) is 2.37. The van der Waals surface area contributed by atoms with Gasteiger partial charge < -0.3 is 15.2 Å². The van der Waals surface area contributed by atoms with Gasteiger partial charge in [0.2, 0.25) is 11.2 Å². The first-order valence-electron chi connectivity index (χ1n) is 5.49. The highest BCUT2D eigenvalue weighted by Crippen LogP contribution is 2.28. The molecule has 1 aromatic heterocycles. The summed E-state index contributed by atoms with van der Waals surface area (Å²) in [6, 6.07) is 5.57. The molecule has 0 saturated carbocycles. The molecule has 0 fully saturated rings. The normalized spacial score (nSPS) is 10.3. The van der Waals surface area contributed by atoms with E-state index >= 15 is 0 Å². The summed E-state index contributed by atoms with van der Waals surface area (Å²) in [6.07, 6.45) is 0.479. The molecular weight excluding hydrogens is 268 g/mol. The molecule has 0 amide bonds. The molecule has 19 heavy (non-hydrogen) atoms. The summed E-state index contributed by atoms with van der Waals surface area (Å²) in [5, 5.41) is 0.0861. The molecule has 7 heteroatoms. The van der Waals surface area contributed by atoms with Crippen LogP contribution in [0.1, 0.15) is 11.4 Å². The van der Waals surface area contributed by atoms with Gasteiger partial charge in [-0.15, -0.1) is 0 Å². The molecule has 0 aliphatic carbocycles. The highest BCUT2D eigenvalue weighted by molar-refractivity contribution is 6.28. The third-order valence-corrected chi connectivity index (χ3v) is 2.65. The second-order valence-corrected chi connectivity index (χ2v) is 4.08. The minimum Gasteiger partial charge on any atom is -0.493 e. The van der Waals surface area contributed by atoms with Crippen LogP contribution < -0.4 is 15.2 Å². The summed E-state index contributed by atoms with van der Waals surface area (Å²) >= 11 is 5.74. The first-order chi connectivity index (χ1) is 9.12. The summed E-state index contributed by atoms with van der Waals surface area (Å²) in [5.74, 6) is 1.92. The van der Waals surface area contributed by atoms with Crippen LogP contribution in [0.15, 0.2) is 18.2 Å². The Kier molecular flexibility index (Phi) is 4.01. The third-order valence-electron chi connectivity index (χ3n) is 2.48. The van der Waals surface area contributed by atoms with Crippen LogP contribution in [0, 0.1) is 0 Å². The number of ether oxygens (including phenoxy) is 2. The molecule has 1 aromatic carbocycles. The summed E-state index contributed by atoms with van der Waals surface area (Å²) in [4.78, 5) is 11.8. The second kappa shape index (κ2) is 5.71. The molecular formula is C12H13ClN4O2. The van der Waals surface area contributed by atoms with E-state index in [1.54, 1.807) is 14.2 Å². The number of anilines is 1. The zero-order chi connectivity index (χ0) is 13.8. The van der Waals surface area contributed by atoms with Crippen molar-refractivity contribution in [3.05, 3.63) is 34.9 Å².